The summed E-state index contributed by atoms with van der Waals surface area (Å²) in [6.07, 6.45) is 9.90. The Bertz CT molecular complexity index is 377. The molecule has 0 unspecified atom stereocenters. The summed E-state index contributed by atoms with van der Waals surface area (Å²) in [5, 5.41) is 3.29. The van der Waals surface area contributed by atoms with Gasteiger partial charge in [0, 0.05) is 19.2 Å². The number of anilines is 1. The number of aromatic nitrogens is 1. The fraction of sp³-hybridized carbons (Fsp3) is 0.625. The Hall–Kier alpha value is -1.38. The van der Waals surface area contributed by atoms with Crippen molar-refractivity contribution in [2.24, 2.45) is 0 Å². The van der Waals surface area contributed by atoms with E-state index in [-0.39, 0.29) is 5.78 Å². The molecule has 3 heteroatoms. The van der Waals surface area contributed by atoms with Gasteiger partial charge in [0.25, 0.3) is 0 Å². The van der Waals surface area contributed by atoms with Crippen LogP contribution in [0.5, 0.6) is 0 Å². The van der Waals surface area contributed by atoms with E-state index in [9.17, 15) is 4.79 Å². The molecule has 1 aromatic heterocycles. The molecule has 0 amide bonds. The van der Waals surface area contributed by atoms with Gasteiger partial charge >= 0.3 is 0 Å². The van der Waals surface area contributed by atoms with Gasteiger partial charge < -0.3 is 5.32 Å². The minimum absolute atomic E-state index is 0.151. The maximum atomic E-state index is 11.8. The molecule has 0 aliphatic rings. The fourth-order valence-electron chi connectivity index (χ4n) is 2.07. The van der Waals surface area contributed by atoms with Crippen LogP contribution in [0.15, 0.2) is 18.3 Å². The highest BCUT2D eigenvalue weighted by Crippen LogP contribution is 2.14. The van der Waals surface area contributed by atoms with Crippen LogP contribution in [-0.2, 0) is 0 Å². The Kier molecular flexibility index (Phi) is 7.87. The maximum absolute atomic E-state index is 11.8. The second-order valence-electron chi connectivity index (χ2n) is 4.87. The lowest BCUT2D eigenvalue weighted by Gasteiger charge is -2.09. The Labute approximate surface area is 116 Å². The minimum atomic E-state index is 0.151. The average Bonchev–Trinajstić information content (AvgIpc) is 2.46. The van der Waals surface area contributed by atoms with Crippen molar-refractivity contribution in [3.63, 3.8) is 0 Å². The molecule has 0 aliphatic carbocycles. The summed E-state index contributed by atoms with van der Waals surface area (Å²) in [6.45, 7) is 5.01. The van der Waals surface area contributed by atoms with E-state index in [4.69, 9.17) is 0 Å². The van der Waals surface area contributed by atoms with Crippen LogP contribution in [0.4, 0.5) is 5.82 Å². The highest BCUT2D eigenvalue weighted by atomic mass is 16.1. The number of ketones is 1. The molecule has 1 N–H and O–H groups in total. The fourth-order valence-corrected chi connectivity index (χ4v) is 2.07. The van der Waals surface area contributed by atoms with Gasteiger partial charge in [-0.05, 0) is 18.6 Å². The van der Waals surface area contributed by atoms with Crippen LogP contribution in [0.25, 0.3) is 0 Å². The van der Waals surface area contributed by atoms with Gasteiger partial charge in [-0.2, -0.15) is 0 Å². The highest BCUT2D eigenvalue weighted by molar-refractivity contribution is 6.00. The molecular weight excluding hydrogens is 236 g/mol. The topological polar surface area (TPSA) is 42.0 Å². The molecule has 0 aliphatic heterocycles. The van der Waals surface area contributed by atoms with Crippen LogP contribution in [0.3, 0.4) is 0 Å². The molecule has 0 atom stereocenters. The minimum Gasteiger partial charge on any atom is -0.369 e. The number of nitrogens with zero attached hydrogens (tertiary/aromatic N) is 1. The van der Waals surface area contributed by atoms with Gasteiger partial charge in [-0.25, -0.2) is 4.98 Å². The number of carbonyl (C=O) groups excluding carboxylic acids is 1. The van der Waals surface area contributed by atoms with E-state index in [2.05, 4.69) is 17.2 Å². The average molecular weight is 262 g/mol. The lowest BCUT2D eigenvalue weighted by molar-refractivity contribution is 0.0988. The van der Waals surface area contributed by atoms with E-state index < -0.39 is 0 Å². The summed E-state index contributed by atoms with van der Waals surface area (Å²) in [7, 11) is 0. The molecule has 106 valence electrons. The Morgan fingerprint density at radius 1 is 1.16 bits per heavy atom. The molecule has 0 radical (unpaired) electrons. The van der Waals surface area contributed by atoms with Crippen LogP contribution < -0.4 is 5.32 Å². The Morgan fingerprint density at radius 2 is 1.89 bits per heavy atom. The van der Waals surface area contributed by atoms with Gasteiger partial charge in [0.2, 0.25) is 0 Å². The van der Waals surface area contributed by atoms with Crippen LogP contribution in [-0.4, -0.2) is 17.3 Å². The monoisotopic (exact) mass is 262 g/mol. The third-order valence-electron chi connectivity index (χ3n) is 3.25. The first kappa shape index (κ1) is 15.7. The van der Waals surface area contributed by atoms with Crippen molar-refractivity contribution in [1.82, 2.24) is 4.98 Å². The van der Waals surface area contributed by atoms with Crippen LogP contribution >= 0.6 is 0 Å². The molecule has 1 heterocycles. The van der Waals surface area contributed by atoms with Crippen molar-refractivity contribution < 1.29 is 4.79 Å². The zero-order valence-corrected chi connectivity index (χ0v) is 12.2. The standard InChI is InChI=1S/C16H26N2O/c1-3-5-6-7-8-9-12-17-16-14(15(19)4-2)11-10-13-18-16/h10-11,13H,3-9,12H2,1-2H3,(H,17,18). The summed E-state index contributed by atoms with van der Waals surface area (Å²) >= 11 is 0. The molecule has 3 nitrogen and oxygen atoms in total. The second-order valence-corrected chi connectivity index (χ2v) is 4.87. The smallest absolute Gasteiger partial charge is 0.166 e. The second kappa shape index (κ2) is 9.54. The number of rotatable bonds is 10. The van der Waals surface area contributed by atoms with Crippen molar-refractivity contribution in [3.05, 3.63) is 23.9 Å². The highest BCUT2D eigenvalue weighted by Gasteiger charge is 2.09. The van der Waals surface area contributed by atoms with Gasteiger partial charge in [0.1, 0.15) is 5.82 Å². The SMILES string of the molecule is CCCCCCCCNc1ncccc1C(=O)CC. The zero-order chi connectivity index (χ0) is 13.9. The van der Waals surface area contributed by atoms with E-state index in [0.29, 0.717) is 6.42 Å². The van der Waals surface area contributed by atoms with Crippen molar-refractivity contribution in [2.45, 2.75) is 58.8 Å². The normalized spacial score (nSPS) is 10.4. The van der Waals surface area contributed by atoms with Gasteiger partial charge in [-0.15, -0.1) is 0 Å². The lowest BCUT2D eigenvalue weighted by atomic mass is 10.1. The van der Waals surface area contributed by atoms with Crippen molar-refractivity contribution in [2.75, 3.05) is 11.9 Å². The number of unbranched alkanes of at least 4 members (excludes halogenated alkanes) is 5. The van der Waals surface area contributed by atoms with E-state index in [1.165, 1.54) is 32.1 Å². The molecule has 0 bridgehead atoms. The van der Waals surface area contributed by atoms with E-state index in [1.54, 1.807) is 6.20 Å². The molecule has 1 aromatic rings. The van der Waals surface area contributed by atoms with Crippen LogP contribution in [0.2, 0.25) is 0 Å². The third kappa shape index (κ3) is 5.86. The van der Waals surface area contributed by atoms with Crippen molar-refractivity contribution in [3.8, 4) is 0 Å². The number of hydrogen-bond acceptors (Lipinski definition) is 3. The molecule has 0 saturated heterocycles. The van der Waals surface area contributed by atoms with Crippen molar-refractivity contribution in [1.29, 1.82) is 0 Å². The number of Topliss-reactive ketones (excluding diaryl/α,β-unsaturated/α-hetero) is 1. The van der Waals surface area contributed by atoms with E-state index in [0.717, 1.165) is 24.3 Å². The molecule has 0 aromatic carbocycles. The summed E-state index contributed by atoms with van der Waals surface area (Å²) in [6, 6.07) is 3.67. The largest absolute Gasteiger partial charge is 0.369 e. The number of hydrogen-bond donors (Lipinski definition) is 1. The van der Waals surface area contributed by atoms with Gasteiger partial charge in [0.05, 0.1) is 5.56 Å². The molecule has 19 heavy (non-hydrogen) atoms. The molecule has 0 saturated carbocycles. The summed E-state index contributed by atoms with van der Waals surface area (Å²) in [5.74, 6) is 0.890. The predicted octanol–water partition coefficient (Wildman–Crippen LogP) is 4.45. The number of nitrogens with one attached hydrogen (secondary N) is 1. The first-order chi connectivity index (χ1) is 9.29. The zero-order valence-electron chi connectivity index (χ0n) is 12.2. The Balaban J connectivity index is 2.31. The molecule has 0 fully saturated rings. The van der Waals surface area contributed by atoms with Crippen LogP contribution in [0.1, 0.15) is 69.2 Å². The van der Waals surface area contributed by atoms with Crippen LogP contribution in [0, 0.1) is 0 Å². The number of carbonyl (C=O) groups is 1. The predicted molar refractivity (Wildman–Crippen MR) is 80.7 cm³/mol. The first-order valence-corrected chi connectivity index (χ1v) is 7.51. The van der Waals surface area contributed by atoms with Gasteiger partial charge in [-0.3, -0.25) is 4.79 Å². The van der Waals surface area contributed by atoms with Crippen molar-refractivity contribution >= 4 is 11.6 Å². The third-order valence-corrected chi connectivity index (χ3v) is 3.25. The molecular formula is C16H26N2O. The number of pyridine rings is 1. The summed E-state index contributed by atoms with van der Waals surface area (Å²) in [4.78, 5) is 16.0. The quantitative estimate of drug-likeness (QED) is 0.500. The van der Waals surface area contributed by atoms with Gasteiger partial charge in [-0.1, -0.05) is 46.0 Å². The lowest BCUT2D eigenvalue weighted by Crippen LogP contribution is -2.09. The summed E-state index contributed by atoms with van der Waals surface area (Å²) < 4.78 is 0. The van der Waals surface area contributed by atoms with E-state index in [1.807, 2.05) is 19.1 Å². The van der Waals surface area contributed by atoms with E-state index >= 15 is 0 Å². The molecule has 1 rings (SSSR count). The first-order valence-electron chi connectivity index (χ1n) is 7.51. The van der Waals surface area contributed by atoms with Gasteiger partial charge in [0.15, 0.2) is 5.78 Å². The Morgan fingerprint density at radius 3 is 2.63 bits per heavy atom. The summed E-state index contributed by atoms with van der Waals surface area (Å²) in [5.41, 5.74) is 0.719. The maximum Gasteiger partial charge on any atom is 0.166 e. The molecule has 0 spiro atoms.